The van der Waals surface area contributed by atoms with Gasteiger partial charge in [-0.25, -0.2) is 0 Å². The van der Waals surface area contributed by atoms with Gasteiger partial charge in [-0.15, -0.1) is 0 Å². The fourth-order valence-corrected chi connectivity index (χ4v) is 9.24. The van der Waals surface area contributed by atoms with Gasteiger partial charge in [-0.05, 0) is 106 Å². The minimum absolute atomic E-state index is 0.0405. The van der Waals surface area contributed by atoms with E-state index in [4.69, 9.17) is 9.47 Å². The zero-order chi connectivity index (χ0) is 32.4. The molecule has 0 unspecified atom stereocenters. The number of hydrogen-bond acceptors (Lipinski definition) is 3. The van der Waals surface area contributed by atoms with Gasteiger partial charge in [-0.1, -0.05) is 109 Å². The Morgan fingerprint density at radius 1 is 0.490 bits per heavy atom. The summed E-state index contributed by atoms with van der Waals surface area (Å²) in [6.07, 6.45) is 0. The van der Waals surface area contributed by atoms with E-state index in [2.05, 4.69) is 158 Å². The molecule has 230 valence electrons. The van der Waals surface area contributed by atoms with E-state index < -0.39 is 5.41 Å². The molecule has 0 atom stereocenters. The molecule has 49 heavy (non-hydrogen) atoms. The molecular weight excluding hydrogens is 597 g/mol. The zero-order valence-corrected chi connectivity index (χ0v) is 27.2. The number of fused-ring (bicyclic) bond motifs is 3. The summed E-state index contributed by atoms with van der Waals surface area (Å²) in [5, 5.41) is 0. The summed E-state index contributed by atoms with van der Waals surface area (Å²) in [6.45, 7) is 4.35. The second kappa shape index (κ2) is 9.55. The molecule has 0 spiro atoms. The molecule has 0 fully saturated rings. The van der Waals surface area contributed by atoms with Crippen molar-refractivity contribution in [3.63, 3.8) is 0 Å². The molecule has 3 aliphatic heterocycles. The van der Waals surface area contributed by atoms with E-state index in [0.29, 0.717) is 0 Å². The minimum Gasteiger partial charge on any atom is -0.458 e. The van der Waals surface area contributed by atoms with Crippen LogP contribution in [0.15, 0.2) is 146 Å². The molecule has 0 saturated heterocycles. The average Bonchev–Trinajstić information content (AvgIpc) is 3.45. The molecule has 0 bridgehead atoms. The highest BCUT2D eigenvalue weighted by Gasteiger charge is 2.49. The summed E-state index contributed by atoms with van der Waals surface area (Å²) >= 11 is 0. The third-order valence-electron chi connectivity index (χ3n) is 11.2. The molecule has 4 aliphatic rings. The van der Waals surface area contributed by atoms with E-state index in [9.17, 15) is 0 Å². The lowest BCUT2D eigenvalue weighted by Crippen LogP contribution is -2.61. The Bertz CT molecular complexity index is 2420. The Morgan fingerprint density at radius 2 is 1.04 bits per heavy atom. The van der Waals surface area contributed by atoms with E-state index in [0.717, 1.165) is 56.6 Å². The molecule has 1 aliphatic carbocycles. The maximum Gasteiger partial charge on any atom is 0.266 e. The largest absolute Gasteiger partial charge is 0.458 e. The second-order valence-electron chi connectivity index (χ2n) is 13.7. The van der Waals surface area contributed by atoms with E-state index in [-0.39, 0.29) is 6.71 Å². The summed E-state index contributed by atoms with van der Waals surface area (Å²) in [5.74, 6) is 3.68. The molecule has 4 heteroatoms. The molecule has 3 nitrogen and oxygen atoms in total. The van der Waals surface area contributed by atoms with E-state index in [1.165, 1.54) is 44.3 Å². The maximum absolute atomic E-state index is 6.73. The molecular formula is C45H30BNO2. The highest BCUT2D eigenvalue weighted by atomic mass is 16.5. The minimum atomic E-state index is -0.437. The first-order valence-electron chi connectivity index (χ1n) is 17.1. The first-order chi connectivity index (χ1) is 24.1. The van der Waals surface area contributed by atoms with Gasteiger partial charge in [0.05, 0.1) is 5.41 Å². The Kier molecular flexibility index (Phi) is 5.26. The van der Waals surface area contributed by atoms with Crippen LogP contribution in [-0.4, -0.2) is 6.71 Å². The third kappa shape index (κ3) is 3.33. The predicted molar refractivity (Wildman–Crippen MR) is 199 cm³/mol. The number of anilines is 3. The highest BCUT2D eigenvalue weighted by Crippen LogP contribution is 2.57. The van der Waals surface area contributed by atoms with Crippen LogP contribution in [0.2, 0.25) is 0 Å². The van der Waals surface area contributed by atoms with Crippen LogP contribution < -0.4 is 30.8 Å². The molecule has 0 N–H and O–H groups in total. The maximum atomic E-state index is 6.73. The number of ether oxygens (including phenoxy) is 2. The second-order valence-corrected chi connectivity index (χ2v) is 13.7. The van der Waals surface area contributed by atoms with E-state index in [1.54, 1.807) is 0 Å². The number of hydrogen-bond donors (Lipinski definition) is 0. The van der Waals surface area contributed by atoms with Crippen molar-refractivity contribution in [3.05, 3.63) is 179 Å². The molecule has 0 saturated carbocycles. The van der Waals surface area contributed by atoms with Crippen LogP contribution in [0.1, 0.15) is 33.4 Å². The van der Waals surface area contributed by atoms with Gasteiger partial charge in [0, 0.05) is 22.5 Å². The van der Waals surface area contributed by atoms with Crippen LogP contribution in [-0.2, 0) is 5.41 Å². The summed E-state index contributed by atoms with van der Waals surface area (Å²) in [6, 6.07) is 53.2. The van der Waals surface area contributed by atoms with Gasteiger partial charge in [-0.3, -0.25) is 0 Å². The number of aryl methyl sites for hydroxylation is 2. The predicted octanol–water partition coefficient (Wildman–Crippen LogP) is 9.18. The summed E-state index contributed by atoms with van der Waals surface area (Å²) in [7, 11) is 0. The third-order valence-corrected chi connectivity index (χ3v) is 11.2. The quantitative estimate of drug-likeness (QED) is 0.182. The van der Waals surface area contributed by atoms with Crippen molar-refractivity contribution < 1.29 is 9.47 Å². The SMILES string of the molecule is Cc1ccc2c3c1Oc1cccc4c1B3c1c(ccc(C)c1O4)N2c1ccc2c(c1)-c1ccccc1C2(c1ccccc1)c1ccccc1. The van der Waals surface area contributed by atoms with E-state index in [1.807, 2.05) is 6.07 Å². The number of benzene rings is 7. The number of rotatable bonds is 3. The summed E-state index contributed by atoms with van der Waals surface area (Å²) < 4.78 is 13.5. The van der Waals surface area contributed by atoms with Gasteiger partial charge >= 0.3 is 0 Å². The molecule has 0 amide bonds. The summed E-state index contributed by atoms with van der Waals surface area (Å²) in [5.41, 5.74) is 16.5. The molecule has 0 radical (unpaired) electrons. The van der Waals surface area contributed by atoms with Crippen LogP contribution in [0.5, 0.6) is 23.0 Å². The van der Waals surface area contributed by atoms with Crippen LogP contribution >= 0.6 is 0 Å². The van der Waals surface area contributed by atoms with Crippen molar-refractivity contribution in [2.24, 2.45) is 0 Å². The monoisotopic (exact) mass is 627 g/mol. The van der Waals surface area contributed by atoms with Crippen LogP contribution in [0.4, 0.5) is 17.1 Å². The lowest BCUT2D eigenvalue weighted by molar-refractivity contribution is 0.460. The van der Waals surface area contributed by atoms with Crippen molar-refractivity contribution >= 4 is 40.2 Å². The van der Waals surface area contributed by atoms with Crippen LogP contribution in [0, 0.1) is 13.8 Å². The first-order valence-corrected chi connectivity index (χ1v) is 17.1. The lowest BCUT2D eigenvalue weighted by atomic mass is 9.33. The van der Waals surface area contributed by atoms with Crippen molar-refractivity contribution in [1.29, 1.82) is 0 Å². The fraction of sp³-hybridized carbons (Fsp3) is 0.0667. The van der Waals surface area contributed by atoms with Crippen molar-refractivity contribution in [1.82, 2.24) is 0 Å². The van der Waals surface area contributed by atoms with Crippen LogP contribution in [0.25, 0.3) is 11.1 Å². The van der Waals surface area contributed by atoms with Crippen molar-refractivity contribution in [2.45, 2.75) is 19.3 Å². The van der Waals surface area contributed by atoms with Gasteiger partial charge in [0.25, 0.3) is 6.71 Å². The van der Waals surface area contributed by atoms with Gasteiger partial charge < -0.3 is 14.4 Å². The average molecular weight is 628 g/mol. The Balaban J connectivity index is 1.20. The first kappa shape index (κ1) is 27.0. The topological polar surface area (TPSA) is 21.7 Å². The lowest BCUT2D eigenvalue weighted by Gasteiger charge is -2.43. The highest BCUT2D eigenvalue weighted by molar-refractivity contribution is 7.00. The molecule has 7 aromatic rings. The zero-order valence-electron chi connectivity index (χ0n) is 27.2. The Morgan fingerprint density at radius 3 is 1.65 bits per heavy atom. The number of nitrogens with zero attached hydrogens (tertiary/aromatic N) is 1. The molecule has 0 aromatic heterocycles. The van der Waals surface area contributed by atoms with Gasteiger partial charge in [0.1, 0.15) is 23.0 Å². The van der Waals surface area contributed by atoms with Crippen LogP contribution in [0.3, 0.4) is 0 Å². The summed E-state index contributed by atoms with van der Waals surface area (Å²) in [4.78, 5) is 2.44. The Hall–Kier alpha value is -6.00. The van der Waals surface area contributed by atoms with Crippen molar-refractivity contribution in [2.75, 3.05) is 4.90 Å². The van der Waals surface area contributed by atoms with Gasteiger partial charge in [0.15, 0.2) is 0 Å². The fourth-order valence-electron chi connectivity index (χ4n) is 9.24. The van der Waals surface area contributed by atoms with E-state index >= 15 is 0 Å². The normalized spacial score (nSPS) is 14.7. The van der Waals surface area contributed by atoms with Crippen molar-refractivity contribution in [3.8, 4) is 34.1 Å². The smallest absolute Gasteiger partial charge is 0.266 e. The van der Waals surface area contributed by atoms with Gasteiger partial charge in [0.2, 0.25) is 0 Å². The molecule has 11 rings (SSSR count). The van der Waals surface area contributed by atoms with Gasteiger partial charge in [-0.2, -0.15) is 0 Å². The Labute approximate surface area is 286 Å². The standard InChI is InChI=1S/C45H30BNO2/c1-27-20-24-36-40-43(27)48-38-18-11-19-39-42(38)46(40)41-37(25-21-28(2)44(41)49-39)47(36)31-22-23-35-33(26-31)32-16-9-10-17-34(32)45(35,29-12-5-3-6-13-29)30-14-7-4-8-15-30/h3-26H,1-2H3. The molecule has 3 heterocycles. The molecule has 7 aromatic carbocycles.